The smallest absolute Gasteiger partial charge is 0.412 e. The Hall–Kier alpha value is -1.42. The molecular formula is C14H19NO2S. The summed E-state index contributed by atoms with van der Waals surface area (Å²) in [6.07, 6.45) is 3.45. The van der Waals surface area contributed by atoms with Gasteiger partial charge in [-0.15, -0.1) is 0 Å². The number of anilines is 1. The number of amides is 1. The summed E-state index contributed by atoms with van der Waals surface area (Å²) in [4.78, 5) is 11.6. The van der Waals surface area contributed by atoms with E-state index in [1.165, 1.54) is 0 Å². The fourth-order valence-corrected chi connectivity index (χ4v) is 1.44. The number of benzene rings is 1. The second-order valence-electron chi connectivity index (χ2n) is 4.84. The molecule has 1 rings (SSSR count). The molecule has 0 bridgehead atoms. The Labute approximate surface area is 114 Å². The highest BCUT2D eigenvalue weighted by atomic mass is 32.1. The van der Waals surface area contributed by atoms with Gasteiger partial charge in [0.1, 0.15) is 5.60 Å². The largest absolute Gasteiger partial charge is 0.444 e. The van der Waals surface area contributed by atoms with Crippen LogP contribution in [0, 0.1) is 0 Å². The Morgan fingerprint density at radius 3 is 2.78 bits per heavy atom. The summed E-state index contributed by atoms with van der Waals surface area (Å²) in [7, 11) is 0. The first kappa shape index (κ1) is 14.6. The van der Waals surface area contributed by atoms with Gasteiger partial charge in [-0.25, -0.2) is 4.79 Å². The minimum Gasteiger partial charge on any atom is -0.444 e. The van der Waals surface area contributed by atoms with E-state index in [1.807, 2.05) is 57.2 Å². The van der Waals surface area contributed by atoms with Crippen LogP contribution in [0.15, 0.2) is 30.3 Å². The van der Waals surface area contributed by atoms with E-state index in [-0.39, 0.29) is 0 Å². The van der Waals surface area contributed by atoms with Crippen LogP contribution in [-0.4, -0.2) is 17.4 Å². The third-order valence-corrected chi connectivity index (χ3v) is 2.16. The molecule has 0 saturated carbocycles. The van der Waals surface area contributed by atoms with E-state index >= 15 is 0 Å². The van der Waals surface area contributed by atoms with Gasteiger partial charge >= 0.3 is 6.09 Å². The van der Waals surface area contributed by atoms with Crippen LogP contribution in [0.3, 0.4) is 0 Å². The quantitative estimate of drug-likeness (QED) is 0.811. The molecule has 0 fully saturated rings. The van der Waals surface area contributed by atoms with Crippen LogP contribution >= 0.6 is 12.6 Å². The molecule has 0 spiro atoms. The van der Waals surface area contributed by atoms with Gasteiger partial charge in [-0.1, -0.05) is 24.3 Å². The first-order valence-corrected chi connectivity index (χ1v) is 6.41. The second-order valence-corrected chi connectivity index (χ2v) is 5.20. The van der Waals surface area contributed by atoms with E-state index in [0.29, 0.717) is 11.4 Å². The van der Waals surface area contributed by atoms with Crippen LogP contribution in [0.1, 0.15) is 26.3 Å². The lowest BCUT2D eigenvalue weighted by Gasteiger charge is -2.19. The van der Waals surface area contributed by atoms with Gasteiger partial charge < -0.3 is 4.74 Å². The summed E-state index contributed by atoms with van der Waals surface area (Å²) >= 11 is 4.10. The van der Waals surface area contributed by atoms with Gasteiger partial charge in [0.2, 0.25) is 0 Å². The Kier molecular flexibility index (Phi) is 5.28. The second kappa shape index (κ2) is 6.50. The molecule has 0 aliphatic carbocycles. The Morgan fingerprint density at radius 2 is 2.17 bits per heavy atom. The minimum absolute atomic E-state index is 0.446. The lowest BCUT2D eigenvalue weighted by atomic mass is 10.2. The number of hydrogen-bond donors (Lipinski definition) is 2. The van der Waals surface area contributed by atoms with Gasteiger partial charge in [0.15, 0.2) is 0 Å². The van der Waals surface area contributed by atoms with Crippen molar-refractivity contribution in [3.63, 3.8) is 0 Å². The van der Waals surface area contributed by atoms with Crippen LogP contribution in [0.2, 0.25) is 0 Å². The fourth-order valence-electron chi connectivity index (χ4n) is 1.33. The maximum absolute atomic E-state index is 11.6. The van der Waals surface area contributed by atoms with Crippen LogP contribution < -0.4 is 5.32 Å². The maximum Gasteiger partial charge on any atom is 0.412 e. The monoisotopic (exact) mass is 265 g/mol. The molecule has 4 heteroatoms. The van der Waals surface area contributed by atoms with E-state index in [2.05, 4.69) is 17.9 Å². The summed E-state index contributed by atoms with van der Waals surface area (Å²) in [5, 5.41) is 2.70. The molecule has 0 aromatic heterocycles. The molecule has 98 valence electrons. The molecule has 18 heavy (non-hydrogen) atoms. The van der Waals surface area contributed by atoms with Crippen LogP contribution in [0.25, 0.3) is 6.08 Å². The molecule has 1 N–H and O–H groups in total. The first-order valence-electron chi connectivity index (χ1n) is 5.78. The molecule has 0 aliphatic heterocycles. The molecular weight excluding hydrogens is 246 g/mol. The number of nitrogens with one attached hydrogen (secondary N) is 1. The van der Waals surface area contributed by atoms with Crippen molar-refractivity contribution in [1.29, 1.82) is 0 Å². The zero-order valence-corrected chi connectivity index (χ0v) is 11.8. The van der Waals surface area contributed by atoms with Crippen LogP contribution in [0.5, 0.6) is 0 Å². The molecule has 0 heterocycles. The van der Waals surface area contributed by atoms with E-state index < -0.39 is 11.7 Å². The molecule has 1 aromatic rings. The van der Waals surface area contributed by atoms with Crippen molar-refractivity contribution in [3.8, 4) is 0 Å². The molecule has 1 aromatic carbocycles. The van der Waals surface area contributed by atoms with Gasteiger partial charge in [-0.2, -0.15) is 12.6 Å². The normalized spacial score (nSPS) is 11.6. The predicted octanol–water partition coefficient (Wildman–Crippen LogP) is 3.98. The zero-order valence-electron chi connectivity index (χ0n) is 10.9. The Bertz CT molecular complexity index is 436. The zero-order chi connectivity index (χ0) is 13.6. The molecule has 0 saturated heterocycles. The summed E-state index contributed by atoms with van der Waals surface area (Å²) in [6, 6.07) is 7.54. The molecule has 0 aliphatic rings. The van der Waals surface area contributed by atoms with Crippen LogP contribution in [-0.2, 0) is 4.74 Å². The summed E-state index contributed by atoms with van der Waals surface area (Å²) in [5.74, 6) is 0.684. The van der Waals surface area contributed by atoms with Gasteiger partial charge in [-0.05, 0) is 38.5 Å². The highest BCUT2D eigenvalue weighted by Gasteiger charge is 2.15. The fraction of sp³-hybridized carbons (Fsp3) is 0.357. The number of hydrogen-bond acceptors (Lipinski definition) is 3. The summed E-state index contributed by atoms with van der Waals surface area (Å²) in [5.41, 5.74) is 1.23. The van der Waals surface area contributed by atoms with E-state index in [9.17, 15) is 4.79 Å². The molecule has 0 unspecified atom stereocenters. The van der Waals surface area contributed by atoms with Crippen molar-refractivity contribution < 1.29 is 9.53 Å². The summed E-state index contributed by atoms with van der Waals surface area (Å²) in [6.45, 7) is 5.50. The third kappa shape index (κ3) is 5.77. The van der Waals surface area contributed by atoms with Gasteiger partial charge in [-0.3, -0.25) is 5.32 Å². The number of carbonyl (C=O) groups excluding carboxylic acids is 1. The number of thiol groups is 1. The highest BCUT2D eigenvalue weighted by Crippen LogP contribution is 2.14. The third-order valence-electron chi connectivity index (χ3n) is 1.95. The predicted molar refractivity (Wildman–Crippen MR) is 79.2 cm³/mol. The summed E-state index contributed by atoms with van der Waals surface area (Å²) < 4.78 is 5.18. The van der Waals surface area contributed by atoms with Gasteiger partial charge in [0.25, 0.3) is 0 Å². The average Bonchev–Trinajstić information content (AvgIpc) is 2.24. The SMILES string of the molecule is CC(C)(C)OC(=O)Nc1cccc(C=CCS)c1. The number of rotatable bonds is 3. The Balaban J connectivity index is 2.67. The van der Waals surface area contributed by atoms with E-state index in [1.54, 1.807) is 0 Å². The maximum atomic E-state index is 11.6. The van der Waals surface area contributed by atoms with Crippen molar-refractivity contribution in [1.82, 2.24) is 0 Å². The highest BCUT2D eigenvalue weighted by molar-refractivity contribution is 7.80. The van der Waals surface area contributed by atoms with Crippen molar-refractivity contribution >= 4 is 30.5 Å². The van der Waals surface area contributed by atoms with Crippen molar-refractivity contribution in [3.05, 3.63) is 35.9 Å². The van der Waals surface area contributed by atoms with Crippen molar-refractivity contribution in [2.24, 2.45) is 0 Å². The van der Waals surface area contributed by atoms with Crippen molar-refractivity contribution in [2.75, 3.05) is 11.1 Å². The van der Waals surface area contributed by atoms with E-state index in [0.717, 1.165) is 5.56 Å². The van der Waals surface area contributed by atoms with Gasteiger partial charge in [0.05, 0.1) is 0 Å². The van der Waals surface area contributed by atoms with E-state index in [4.69, 9.17) is 4.74 Å². The standard InChI is InChI=1S/C14H19NO2S/c1-14(2,3)17-13(16)15-12-8-4-6-11(10-12)7-5-9-18/h4-8,10,18H,9H2,1-3H3,(H,15,16). The number of ether oxygens (including phenoxy) is 1. The number of carbonyl (C=O) groups is 1. The topological polar surface area (TPSA) is 38.3 Å². The average molecular weight is 265 g/mol. The minimum atomic E-state index is -0.492. The molecule has 0 atom stereocenters. The van der Waals surface area contributed by atoms with Gasteiger partial charge in [0, 0.05) is 11.4 Å². The molecule has 0 radical (unpaired) electrons. The Morgan fingerprint density at radius 1 is 1.44 bits per heavy atom. The molecule has 1 amide bonds. The van der Waals surface area contributed by atoms with Crippen molar-refractivity contribution in [2.45, 2.75) is 26.4 Å². The molecule has 3 nitrogen and oxygen atoms in total. The lowest BCUT2D eigenvalue weighted by Crippen LogP contribution is -2.27. The van der Waals surface area contributed by atoms with Crippen LogP contribution in [0.4, 0.5) is 10.5 Å². The first-order chi connectivity index (χ1) is 8.40. The lowest BCUT2D eigenvalue weighted by molar-refractivity contribution is 0.0636.